The van der Waals surface area contributed by atoms with E-state index in [9.17, 15) is 9.90 Å². The molecular weight excluding hydrogens is 376 g/mol. The normalized spacial score (nSPS) is 12.0. The average molecular weight is 413 g/mol. The van der Waals surface area contributed by atoms with E-state index in [4.69, 9.17) is 9.97 Å². The molecule has 0 radical (unpaired) electrons. The molecule has 0 spiro atoms. The van der Waals surface area contributed by atoms with Crippen LogP contribution in [-0.2, 0) is 17.6 Å². The molecule has 6 nitrogen and oxygen atoms in total. The summed E-state index contributed by atoms with van der Waals surface area (Å²) in [5, 5.41) is 12.6. The minimum Gasteiger partial charge on any atom is -0.384 e. The van der Waals surface area contributed by atoms with Crippen LogP contribution < -0.4 is 10.2 Å². The topological polar surface area (TPSA) is 78.4 Å². The molecule has 2 aromatic rings. The number of anilines is 2. The predicted molar refractivity (Wildman–Crippen MR) is 124 cm³/mol. The Morgan fingerprint density at radius 1 is 1.07 bits per heavy atom. The lowest BCUT2D eigenvalue weighted by Crippen LogP contribution is -2.30. The van der Waals surface area contributed by atoms with Gasteiger partial charge >= 0.3 is 0 Å². The second-order valence-electron chi connectivity index (χ2n) is 7.64. The minimum absolute atomic E-state index is 0.465. The number of nitrogens with zero attached hydrogens (tertiary/aromatic N) is 3. The number of hydrogen-bond donors (Lipinski definition) is 2. The highest BCUT2D eigenvalue weighted by Crippen LogP contribution is 2.33. The molecule has 0 saturated carbocycles. The van der Waals surface area contributed by atoms with E-state index >= 15 is 0 Å². The highest BCUT2D eigenvalue weighted by atomic mass is 16.3. The Labute approximate surface area is 180 Å². The van der Waals surface area contributed by atoms with Crippen LogP contribution in [0, 0.1) is 6.92 Å². The van der Waals surface area contributed by atoms with Gasteiger partial charge in [-0.15, -0.1) is 0 Å². The number of carbonyl (C=O) groups excluding carboxylic acids is 1. The lowest BCUT2D eigenvalue weighted by Gasteiger charge is -2.28. The van der Waals surface area contributed by atoms with Crippen molar-refractivity contribution in [3.63, 3.8) is 0 Å². The number of hydrogen-bond acceptors (Lipinski definition) is 5. The third-order valence-electron chi connectivity index (χ3n) is 5.21. The van der Waals surface area contributed by atoms with Crippen molar-refractivity contribution in [1.82, 2.24) is 9.97 Å². The second kappa shape index (κ2) is 11.1. The Hall–Kier alpha value is -2.47. The highest BCUT2D eigenvalue weighted by molar-refractivity contribution is 5.96. The van der Waals surface area contributed by atoms with Crippen LogP contribution in [0.25, 0.3) is 11.4 Å². The van der Waals surface area contributed by atoms with Crippen LogP contribution in [0.4, 0.5) is 11.5 Å². The van der Waals surface area contributed by atoms with Gasteiger partial charge < -0.3 is 15.3 Å². The van der Waals surface area contributed by atoms with E-state index in [0.29, 0.717) is 11.6 Å². The lowest BCUT2D eigenvalue weighted by atomic mass is 9.97. The molecule has 0 aliphatic heterocycles. The summed E-state index contributed by atoms with van der Waals surface area (Å²) in [5.74, 6) is 0.630. The molecule has 1 atom stereocenters. The van der Waals surface area contributed by atoms with Crippen LogP contribution in [0.2, 0.25) is 0 Å². The van der Waals surface area contributed by atoms with E-state index in [1.165, 1.54) is 18.1 Å². The Morgan fingerprint density at radius 2 is 1.63 bits per heavy atom. The van der Waals surface area contributed by atoms with Gasteiger partial charge in [-0.3, -0.25) is 4.79 Å². The van der Waals surface area contributed by atoms with Gasteiger partial charge in [0.15, 0.2) is 11.6 Å². The lowest BCUT2D eigenvalue weighted by molar-refractivity contribution is -0.123. The van der Waals surface area contributed by atoms with Gasteiger partial charge in [-0.1, -0.05) is 45.9 Å². The monoisotopic (exact) mass is 412 g/mol. The largest absolute Gasteiger partial charge is 0.384 e. The SMILES string of the molecule is CCCN(CCC)c1c(C)nc(-c2c(CC)cccc2CC)nc1NC(=O)C(C)O. The number of aromatic nitrogens is 2. The van der Waals surface area contributed by atoms with Crippen LogP contribution in [0.1, 0.15) is 64.3 Å². The van der Waals surface area contributed by atoms with Crippen molar-refractivity contribution in [2.75, 3.05) is 23.3 Å². The molecule has 0 fully saturated rings. The van der Waals surface area contributed by atoms with Gasteiger partial charge in [-0.2, -0.15) is 0 Å². The van der Waals surface area contributed by atoms with Gasteiger partial charge in [0.05, 0.1) is 5.69 Å². The van der Waals surface area contributed by atoms with Gasteiger partial charge in [0, 0.05) is 18.7 Å². The number of rotatable bonds is 10. The molecule has 30 heavy (non-hydrogen) atoms. The van der Waals surface area contributed by atoms with Crippen molar-refractivity contribution < 1.29 is 9.90 Å². The number of aryl methyl sites for hydroxylation is 3. The number of carbonyl (C=O) groups is 1. The van der Waals surface area contributed by atoms with Crippen molar-refractivity contribution in [3.8, 4) is 11.4 Å². The molecule has 0 saturated heterocycles. The first-order valence-corrected chi connectivity index (χ1v) is 11.1. The Morgan fingerprint density at radius 3 is 2.10 bits per heavy atom. The smallest absolute Gasteiger partial charge is 0.254 e. The third-order valence-corrected chi connectivity index (χ3v) is 5.21. The summed E-state index contributed by atoms with van der Waals surface area (Å²) in [6.45, 7) is 13.6. The van der Waals surface area contributed by atoms with Crippen LogP contribution in [0.15, 0.2) is 18.2 Å². The summed E-state index contributed by atoms with van der Waals surface area (Å²) in [6, 6.07) is 6.29. The maximum atomic E-state index is 12.4. The van der Waals surface area contributed by atoms with Gasteiger partial charge in [0.25, 0.3) is 5.91 Å². The minimum atomic E-state index is -1.11. The third kappa shape index (κ3) is 5.36. The molecule has 1 amide bonds. The fraction of sp³-hybridized carbons (Fsp3) is 0.542. The zero-order valence-electron chi connectivity index (χ0n) is 19.2. The van der Waals surface area contributed by atoms with Crippen LogP contribution in [-0.4, -0.2) is 40.2 Å². The molecule has 2 N–H and O–H groups in total. The number of amides is 1. The summed E-state index contributed by atoms with van der Waals surface area (Å²) in [4.78, 5) is 24.3. The average Bonchev–Trinajstić information content (AvgIpc) is 2.72. The number of aliphatic hydroxyl groups excluding tert-OH is 1. The highest BCUT2D eigenvalue weighted by Gasteiger charge is 2.22. The summed E-state index contributed by atoms with van der Waals surface area (Å²) in [6.07, 6.45) is 2.59. The van der Waals surface area contributed by atoms with Crippen LogP contribution >= 0.6 is 0 Å². The Kier molecular flexibility index (Phi) is 8.78. The molecule has 2 rings (SSSR count). The first-order chi connectivity index (χ1) is 14.4. The molecule has 1 heterocycles. The van der Waals surface area contributed by atoms with E-state index in [1.54, 1.807) is 0 Å². The maximum Gasteiger partial charge on any atom is 0.254 e. The Bertz CT molecular complexity index is 836. The van der Waals surface area contributed by atoms with E-state index in [1.807, 2.05) is 6.92 Å². The van der Waals surface area contributed by atoms with E-state index in [2.05, 4.69) is 56.1 Å². The summed E-state index contributed by atoms with van der Waals surface area (Å²) in [5.41, 5.74) is 5.09. The molecule has 1 unspecified atom stereocenters. The van der Waals surface area contributed by atoms with E-state index in [-0.39, 0.29) is 0 Å². The van der Waals surface area contributed by atoms with Crippen molar-refractivity contribution in [2.24, 2.45) is 0 Å². The molecule has 0 aliphatic rings. The van der Waals surface area contributed by atoms with Gasteiger partial charge in [0.1, 0.15) is 11.8 Å². The van der Waals surface area contributed by atoms with Crippen molar-refractivity contribution >= 4 is 17.4 Å². The van der Waals surface area contributed by atoms with Gasteiger partial charge in [0.2, 0.25) is 0 Å². The van der Waals surface area contributed by atoms with Gasteiger partial charge in [-0.05, 0) is 50.7 Å². The van der Waals surface area contributed by atoms with Crippen molar-refractivity contribution in [1.29, 1.82) is 0 Å². The van der Waals surface area contributed by atoms with Crippen LogP contribution in [0.3, 0.4) is 0 Å². The zero-order valence-corrected chi connectivity index (χ0v) is 19.2. The molecule has 1 aromatic heterocycles. The maximum absolute atomic E-state index is 12.4. The molecule has 1 aromatic carbocycles. The molecule has 6 heteroatoms. The van der Waals surface area contributed by atoms with E-state index < -0.39 is 12.0 Å². The Balaban J connectivity index is 2.72. The van der Waals surface area contributed by atoms with E-state index in [0.717, 1.165) is 55.7 Å². The predicted octanol–water partition coefficient (Wildman–Crippen LogP) is 4.52. The number of benzene rings is 1. The quantitative estimate of drug-likeness (QED) is 0.600. The molecule has 0 aliphatic carbocycles. The summed E-state index contributed by atoms with van der Waals surface area (Å²) < 4.78 is 0. The standard InChI is InChI=1S/C24H36N4O2/c1-7-14-28(15-8-2)21-16(5)25-22(26-23(21)27-24(30)17(6)29)20-18(9-3)12-11-13-19(20)10-4/h11-13,17,29H,7-10,14-15H2,1-6H3,(H,25,26,27,30). The van der Waals surface area contributed by atoms with Crippen LogP contribution in [0.5, 0.6) is 0 Å². The summed E-state index contributed by atoms with van der Waals surface area (Å²) in [7, 11) is 0. The molecule has 164 valence electrons. The van der Waals surface area contributed by atoms with Crippen molar-refractivity contribution in [3.05, 3.63) is 35.0 Å². The summed E-state index contributed by atoms with van der Waals surface area (Å²) >= 11 is 0. The number of aliphatic hydroxyl groups is 1. The second-order valence-corrected chi connectivity index (χ2v) is 7.64. The first kappa shape index (κ1) is 23.8. The number of nitrogens with one attached hydrogen (secondary N) is 1. The van der Waals surface area contributed by atoms with Crippen molar-refractivity contribution in [2.45, 2.75) is 73.3 Å². The fourth-order valence-electron chi connectivity index (χ4n) is 3.77. The molecular formula is C24H36N4O2. The fourth-order valence-corrected chi connectivity index (χ4v) is 3.77. The molecule has 0 bridgehead atoms. The zero-order chi connectivity index (χ0) is 22.3. The van der Waals surface area contributed by atoms with Gasteiger partial charge in [-0.25, -0.2) is 9.97 Å². The first-order valence-electron chi connectivity index (χ1n) is 11.1.